The molecule has 0 amide bonds. The van der Waals surface area contributed by atoms with Crippen molar-refractivity contribution < 1.29 is 9.84 Å². The Kier molecular flexibility index (Phi) is 4.60. The van der Waals surface area contributed by atoms with Gasteiger partial charge in [-0.05, 0) is 32.6 Å². The van der Waals surface area contributed by atoms with Crippen LogP contribution in [0.2, 0.25) is 0 Å². The third kappa shape index (κ3) is 3.97. The summed E-state index contributed by atoms with van der Waals surface area (Å²) in [5.74, 6) is 0. The normalized spacial score (nSPS) is 21.4. The van der Waals surface area contributed by atoms with Crippen molar-refractivity contribution in [2.45, 2.75) is 72.7 Å². The van der Waals surface area contributed by atoms with Crippen LogP contribution in [0, 0.1) is 5.41 Å². The first-order valence-corrected chi connectivity index (χ1v) is 5.47. The number of hydrogen-bond donors (Lipinski definition) is 0. The Bertz CT molecular complexity index is 168. The molecule has 0 aromatic carbocycles. The summed E-state index contributed by atoms with van der Waals surface area (Å²) in [6, 6.07) is 0. The summed E-state index contributed by atoms with van der Waals surface area (Å²) in [5.41, 5.74) is -0.877. The summed E-state index contributed by atoms with van der Waals surface area (Å²) >= 11 is 0. The molecule has 3 atom stereocenters. The van der Waals surface area contributed by atoms with E-state index in [1.54, 1.807) is 6.92 Å². The zero-order chi connectivity index (χ0) is 11.6. The van der Waals surface area contributed by atoms with Gasteiger partial charge in [0.15, 0.2) is 0 Å². The third-order valence-electron chi connectivity index (χ3n) is 3.19. The van der Waals surface area contributed by atoms with Crippen LogP contribution in [0.3, 0.4) is 0 Å². The molecule has 0 fully saturated rings. The minimum absolute atomic E-state index is 0.0953. The minimum Gasteiger partial charge on any atom is -0.372 e. The molecule has 1 radical (unpaired) electrons. The van der Waals surface area contributed by atoms with Crippen LogP contribution in [0.5, 0.6) is 0 Å². The topological polar surface area (TPSA) is 29.1 Å². The van der Waals surface area contributed by atoms with Gasteiger partial charge in [0, 0.05) is 0 Å². The maximum atomic E-state index is 11.9. The van der Waals surface area contributed by atoms with Gasteiger partial charge < -0.3 is 4.74 Å². The lowest BCUT2D eigenvalue weighted by molar-refractivity contribution is -0.163. The Labute approximate surface area is 88.7 Å². The van der Waals surface area contributed by atoms with Crippen molar-refractivity contribution in [3.05, 3.63) is 0 Å². The summed E-state index contributed by atoms with van der Waals surface area (Å²) in [5, 5.41) is 11.9. The van der Waals surface area contributed by atoms with Crippen molar-refractivity contribution >= 4 is 0 Å². The monoisotopic (exact) mass is 201 g/mol. The van der Waals surface area contributed by atoms with E-state index in [0.717, 1.165) is 0 Å². The smallest absolute Gasteiger partial charge is 0.126 e. The van der Waals surface area contributed by atoms with Gasteiger partial charge in [-0.15, -0.1) is 0 Å². The van der Waals surface area contributed by atoms with Gasteiger partial charge in [0.05, 0.1) is 12.2 Å². The maximum Gasteiger partial charge on any atom is 0.126 e. The van der Waals surface area contributed by atoms with Crippen LogP contribution in [0.4, 0.5) is 0 Å². The molecule has 0 aromatic rings. The summed E-state index contributed by atoms with van der Waals surface area (Å²) in [4.78, 5) is 0. The van der Waals surface area contributed by atoms with Gasteiger partial charge in [0.2, 0.25) is 0 Å². The number of ether oxygens (including phenoxy) is 1. The minimum atomic E-state index is -0.973. The molecule has 0 aromatic heterocycles. The van der Waals surface area contributed by atoms with Crippen molar-refractivity contribution in [3.63, 3.8) is 0 Å². The molecule has 0 aliphatic carbocycles. The molecule has 0 heterocycles. The SMILES string of the molecule is CCC(C)([O])C(C)OC(C)C(C)(C)C. The lowest BCUT2D eigenvalue weighted by Gasteiger charge is -2.34. The predicted octanol–water partition coefficient (Wildman–Crippen LogP) is 3.43. The molecule has 0 aliphatic rings. The van der Waals surface area contributed by atoms with Crippen LogP contribution in [0.25, 0.3) is 0 Å². The highest BCUT2D eigenvalue weighted by atomic mass is 16.5. The molecule has 0 saturated heterocycles. The lowest BCUT2D eigenvalue weighted by atomic mass is 9.89. The maximum absolute atomic E-state index is 11.9. The van der Waals surface area contributed by atoms with Gasteiger partial charge in [-0.25, -0.2) is 5.11 Å². The highest BCUT2D eigenvalue weighted by Crippen LogP contribution is 2.26. The zero-order valence-corrected chi connectivity index (χ0v) is 10.7. The van der Waals surface area contributed by atoms with Gasteiger partial charge in [0.1, 0.15) is 5.60 Å². The van der Waals surface area contributed by atoms with E-state index >= 15 is 0 Å². The van der Waals surface area contributed by atoms with Gasteiger partial charge in [-0.3, -0.25) is 0 Å². The Balaban J connectivity index is 4.26. The second-order valence-corrected chi connectivity index (χ2v) is 5.45. The first kappa shape index (κ1) is 13.9. The Morgan fingerprint density at radius 3 is 1.79 bits per heavy atom. The Morgan fingerprint density at radius 2 is 1.50 bits per heavy atom. The second kappa shape index (κ2) is 4.63. The van der Waals surface area contributed by atoms with E-state index in [2.05, 4.69) is 20.8 Å². The van der Waals surface area contributed by atoms with Gasteiger partial charge in [0.25, 0.3) is 0 Å². The van der Waals surface area contributed by atoms with Crippen molar-refractivity contribution in [2.75, 3.05) is 0 Å². The third-order valence-corrected chi connectivity index (χ3v) is 3.19. The summed E-state index contributed by atoms with van der Waals surface area (Å²) in [6.07, 6.45) is 0.476. The van der Waals surface area contributed by atoms with E-state index in [-0.39, 0.29) is 17.6 Å². The predicted molar refractivity (Wildman–Crippen MR) is 58.8 cm³/mol. The molecule has 0 saturated carbocycles. The average molecular weight is 201 g/mol. The van der Waals surface area contributed by atoms with Crippen molar-refractivity contribution in [2.24, 2.45) is 5.41 Å². The fourth-order valence-electron chi connectivity index (χ4n) is 0.942. The zero-order valence-electron chi connectivity index (χ0n) is 10.7. The van der Waals surface area contributed by atoms with Crippen molar-refractivity contribution in [1.29, 1.82) is 0 Å². The Hall–Kier alpha value is -0.0800. The molecular formula is C12H25O2. The van der Waals surface area contributed by atoms with Gasteiger partial charge >= 0.3 is 0 Å². The van der Waals surface area contributed by atoms with Crippen LogP contribution in [-0.4, -0.2) is 17.8 Å². The molecule has 0 rings (SSSR count). The fraction of sp³-hybridized carbons (Fsp3) is 1.00. The number of hydrogen-bond acceptors (Lipinski definition) is 1. The standard InChI is InChI=1S/C12H25O2/c1-8-12(7,13)10(3)14-9(2)11(4,5)6/h9-10H,8H2,1-7H3. The fourth-order valence-corrected chi connectivity index (χ4v) is 0.942. The first-order chi connectivity index (χ1) is 6.11. The van der Waals surface area contributed by atoms with Gasteiger partial charge in [-0.1, -0.05) is 27.7 Å². The largest absolute Gasteiger partial charge is 0.372 e. The van der Waals surface area contributed by atoms with E-state index < -0.39 is 5.60 Å². The van der Waals surface area contributed by atoms with Crippen molar-refractivity contribution in [1.82, 2.24) is 0 Å². The first-order valence-electron chi connectivity index (χ1n) is 5.47. The summed E-state index contributed by atoms with van der Waals surface area (Å²) in [7, 11) is 0. The lowest BCUT2D eigenvalue weighted by Crippen LogP contribution is -2.41. The van der Waals surface area contributed by atoms with E-state index in [9.17, 15) is 5.11 Å². The molecule has 3 unspecified atom stereocenters. The molecule has 0 aliphatic heterocycles. The van der Waals surface area contributed by atoms with Crippen LogP contribution in [0.1, 0.15) is 54.9 Å². The highest BCUT2D eigenvalue weighted by Gasteiger charge is 2.33. The average Bonchev–Trinajstić information content (AvgIpc) is 2.02. The molecule has 14 heavy (non-hydrogen) atoms. The molecule has 0 N–H and O–H groups in total. The van der Waals surface area contributed by atoms with Crippen molar-refractivity contribution in [3.8, 4) is 0 Å². The molecule has 0 spiro atoms. The molecule has 0 bridgehead atoms. The highest BCUT2D eigenvalue weighted by molar-refractivity contribution is 4.80. The number of rotatable bonds is 4. The second-order valence-electron chi connectivity index (χ2n) is 5.45. The van der Waals surface area contributed by atoms with E-state index in [1.807, 2.05) is 20.8 Å². The van der Waals surface area contributed by atoms with Crippen LogP contribution >= 0.6 is 0 Å². The molecular weight excluding hydrogens is 176 g/mol. The molecule has 85 valence electrons. The Morgan fingerprint density at radius 1 is 1.07 bits per heavy atom. The summed E-state index contributed by atoms with van der Waals surface area (Å²) in [6.45, 7) is 13.9. The van der Waals surface area contributed by atoms with Crippen LogP contribution < -0.4 is 0 Å². The van der Waals surface area contributed by atoms with Crippen LogP contribution in [0.15, 0.2) is 0 Å². The summed E-state index contributed by atoms with van der Waals surface area (Å²) < 4.78 is 5.76. The molecule has 2 heteroatoms. The van der Waals surface area contributed by atoms with Gasteiger partial charge in [-0.2, -0.15) is 0 Å². The quantitative estimate of drug-likeness (QED) is 0.685. The molecule has 2 nitrogen and oxygen atoms in total. The van der Waals surface area contributed by atoms with E-state index in [4.69, 9.17) is 4.74 Å². The van der Waals surface area contributed by atoms with E-state index in [0.29, 0.717) is 6.42 Å². The van der Waals surface area contributed by atoms with Crippen LogP contribution in [-0.2, 0) is 9.84 Å². The van der Waals surface area contributed by atoms with E-state index in [1.165, 1.54) is 0 Å².